The van der Waals surface area contributed by atoms with Gasteiger partial charge in [-0.15, -0.1) is 0 Å². The fourth-order valence-corrected chi connectivity index (χ4v) is 3.84. The van der Waals surface area contributed by atoms with Crippen molar-refractivity contribution in [3.8, 4) is 0 Å². The highest BCUT2D eigenvalue weighted by Gasteiger charge is 2.61. The zero-order valence-electron chi connectivity index (χ0n) is 5.31. The van der Waals surface area contributed by atoms with Gasteiger partial charge in [0.2, 0.25) is 0 Å². The Labute approximate surface area is 57.9 Å². The van der Waals surface area contributed by atoms with Gasteiger partial charge in [-0.3, -0.25) is 0 Å². The molecule has 2 unspecified atom stereocenters. The number of hydrogen-bond acceptors (Lipinski definition) is 0. The molecule has 2 rings (SSSR count). The van der Waals surface area contributed by atoms with Gasteiger partial charge < -0.3 is 0 Å². The highest BCUT2D eigenvalue weighted by molar-refractivity contribution is 7.72. The van der Waals surface area contributed by atoms with Gasteiger partial charge >= 0.3 is 6.18 Å². The molecule has 0 saturated carbocycles. The van der Waals surface area contributed by atoms with Crippen molar-refractivity contribution < 1.29 is 13.2 Å². The zero-order valence-corrected chi connectivity index (χ0v) is 6.21. The van der Waals surface area contributed by atoms with Crippen LogP contribution in [0.15, 0.2) is 11.4 Å². The Bertz CT molecular complexity index is 206. The molecule has 0 nitrogen and oxygen atoms in total. The maximum Gasteiger partial charge on any atom is 0.413 e. The molecule has 1 saturated heterocycles. The summed E-state index contributed by atoms with van der Waals surface area (Å²) in [5.74, 6) is 1.42. The molecule has 0 N–H and O–H groups in total. The molecule has 2 aliphatic rings. The van der Waals surface area contributed by atoms with Crippen molar-refractivity contribution in [3.63, 3.8) is 0 Å². The molecule has 1 fully saturated rings. The Morgan fingerprint density at radius 2 is 2.10 bits per heavy atom. The van der Waals surface area contributed by atoms with Gasteiger partial charge in [0.25, 0.3) is 0 Å². The summed E-state index contributed by atoms with van der Waals surface area (Å²) in [5, 5.41) is 0. The van der Waals surface area contributed by atoms with Crippen molar-refractivity contribution in [3.05, 3.63) is 11.4 Å². The molecule has 3 atom stereocenters. The van der Waals surface area contributed by atoms with E-state index in [1.54, 1.807) is 0 Å². The lowest BCUT2D eigenvalue weighted by molar-refractivity contribution is -0.0928. The maximum atomic E-state index is 11.9. The highest BCUT2D eigenvalue weighted by atomic mass is 31.1. The van der Waals surface area contributed by atoms with E-state index in [2.05, 4.69) is 0 Å². The normalized spacial score (nSPS) is 43.6. The fraction of sp³-hybridized carbons (Fsp3) is 0.667. The molecule has 0 radical (unpaired) electrons. The zero-order chi connectivity index (χ0) is 7.52. The van der Waals surface area contributed by atoms with Gasteiger partial charge in [0.05, 0.1) is 0 Å². The first-order chi connectivity index (χ1) is 4.52. The lowest BCUT2D eigenvalue weighted by Gasteiger charge is -2.15. The van der Waals surface area contributed by atoms with E-state index in [4.69, 9.17) is 0 Å². The van der Waals surface area contributed by atoms with Crippen molar-refractivity contribution in [1.82, 2.24) is 0 Å². The Morgan fingerprint density at radius 1 is 1.50 bits per heavy atom. The molecule has 0 spiro atoms. The molecule has 56 valence electrons. The number of alkyl halides is 3. The molecule has 2 aliphatic heterocycles. The summed E-state index contributed by atoms with van der Waals surface area (Å²) in [6.07, 6.45) is -4.03. The molecule has 0 aromatic carbocycles. The van der Waals surface area contributed by atoms with Crippen molar-refractivity contribution in [1.29, 1.82) is 0 Å². The van der Waals surface area contributed by atoms with Gasteiger partial charge in [0.1, 0.15) is 0 Å². The predicted octanol–water partition coefficient (Wildman–Crippen LogP) is 2.70. The minimum atomic E-state index is -4.03. The summed E-state index contributed by atoms with van der Waals surface area (Å²) in [6, 6.07) is 0. The van der Waals surface area contributed by atoms with Gasteiger partial charge in [-0.25, -0.2) is 0 Å². The number of hydrogen-bond donors (Lipinski definition) is 0. The second-order valence-electron chi connectivity index (χ2n) is 2.71. The van der Waals surface area contributed by atoms with E-state index in [0.717, 1.165) is 0 Å². The topological polar surface area (TPSA) is 0 Å². The van der Waals surface area contributed by atoms with E-state index < -0.39 is 6.18 Å². The van der Waals surface area contributed by atoms with E-state index in [0.29, 0.717) is 5.66 Å². The molecule has 0 amide bonds. The first kappa shape index (κ1) is 6.66. The summed E-state index contributed by atoms with van der Waals surface area (Å²) >= 11 is 0. The van der Waals surface area contributed by atoms with Crippen molar-refractivity contribution >= 4 is 7.92 Å². The number of fused-ring (bicyclic) bond motifs is 1. The highest BCUT2D eigenvalue weighted by Crippen LogP contribution is 2.79. The third kappa shape index (κ3) is 0.672. The van der Waals surface area contributed by atoms with Crippen LogP contribution < -0.4 is 0 Å². The van der Waals surface area contributed by atoms with E-state index >= 15 is 0 Å². The van der Waals surface area contributed by atoms with Crippen LogP contribution >= 0.6 is 7.92 Å². The van der Waals surface area contributed by atoms with Crippen LogP contribution in [-0.2, 0) is 0 Å². The van der Waals surface area contributed by atoms with Gasteiger partial charge in [-0.2, -0.15) is 13.2 Å². The molecular weight excluding hydrogens is 160 g/mol. The van der Waals surface area contributed by atoms with Crippen LogP contribution in [0, 0.1) is 0 Å². The van der Waals surface area contributed by atoms with Crippen molar-refractivity contribution in [2.75, 3.05) is 0 Å². The quantitative estimate of drug-likeness (QED) is 0.485. The largest absolute Gasteiger partial charge is 0.413 e. The smallest absolute Gasteiger partial charge is 0.166 e. The van der Waals surface area contributed by atoms with Crippen LogP contribution in [0.5, 0.6) is 0 Å². The third-order valence-corrected chi connectivity index (χ3v) is 4.93. The van der Waals surface area contributed by atoms with Crippen LogP contribution in [0.1, 0.15) is 6.92 Å². The lowest BCUT2D eigenvalue weighted by Crippen LogP contribution is -2.18. The first-order valence-corrected chi connectivity index (χ1v) is 4.63. The Balaban J connectivity index is 2.13. The molecule has 0 aliphatic carbocycles. The van der Waals surface area contributed by atoms with Crippen molar-refractivity contribution in [2.45, 2.75) is 24.4 Å². The second kappa shape index (κ2) is 1.58. The van der Waals surface area contributed by atoms with Crippen LogP contribution in [0.2, 0.25) is 0 Å². The maximum absolute atomic E-state index is 11.9. The number of rotatable bonds is 0. The Kier molecular flexibility index (Phi) is 1.05. The molecule has 0 aromatic rings. The van der Waals surface area contributed by atoms with Gasteiger partial charge in [0, 0.05) is 11.2 Å². The first-order valence-electron chi connectivity index (χ1n) is 3.08. The Hall–Kier alpha value is -0.0400. The minimum Gasteiger partial charge on any atom is -0.166 e. The van der Waals surface area contributed by atoms with E-state index in [1.165, 1.54) is 5.82 Å². The second-order valence-corrected chi connectivity index (χ2v) is 5.24. The van der Waals surface area contributed by atoms with Crippen molar-refractivity contribution in [2.24, 2.45) is 0 Å². The van der Waals surface area contributed by atoms with Gasteiger partial charge in [-0.05, 0) is 5.66 Å². The summed E-state index contributed by atoms with van der Waals surface area (Å²) in [4.78, 5) is 0. The summed E-state index contributed by atoms with van der Waals surface area (Å²) in [6.45, 7) is 1.89. The fourth-order valence-electron chi connectivity index (χ4n) is 1.39. The molecule has 2 heterocycles. The van der Waals surface area contributed by atoms with Crippen LogP contribution in [0.3, 0.4) is 0 Å². The average Bonchev–Trinajstić information content (AvgIpc) is 1.97. The van der Waals surface area contributed by atoms with Gasteiger partial charge in [0.15, 0.2) is 0 Å². The van der Waals surface area contributed by atoms with E-state index in [-0.39, 0.29) is 19.2 Å². The SMILES string of the molecule is CC1C2C(C(F)(F)F)=C[P@]12. The van der Waals surface area contributed by atoms with Crippen LogP contribution in [0.4, 0.5) is 13.2 Å². The summed E-state index contributed by atoms with van der Waals surface area (Å²) in [5.41, 5.74) is -0.00673. The third-order valence-electron chi connectivity index (χ3n) is 2.09. The molecular formula is C6H6F3P. The van der Waals surface area contributed by atoms with Crippen LogP contribution in [-0.4, -0.2) is 17.5 Å². The van der Waals surface area contributed by atoms with Crippen LogP contribution in [0.25, 0.3) is 0 Å². The monoisotopic (exact) mass is 166 g/mol. The Morgan fingerprint density at radius 3 is 2.20 bits per heavy atom. The predicted molar refractivity (Wildman–Crippen MR) is 34.3 cm³/mol. The molecule has 0 aromatic heterocycles. The van der Waals surface area contributed by atoms with Gasteiger partial charge in [-0.1, -0.05) is 20.7 Å². The molecule has 4 heteroatoms. The molecule has 10 heavy (non-hydrogen) atoms. The standard InChI is InChI=1S/C6H6F3P/c1-3-5-4(2-10(3)5)6(7,8)9/h2-3,5H,1H3/t3?,5?,10-/m1/s1. The molecule has 0 bridgehead atoms. The lowest BCUT2D eigenvalue weighted by atomic mass is 10.2. The summed E-state index contributed by atoms with van der Waals surface area (Å²) < 4.78 is 35.7. The minimum absolute atomic E-state index is 0.0741. The van der Waals surface area contributed by atoms with E-state index in [9.17, 15) is 13.2 Å². The number of allylic oxidation sites excluding steroid dienone is 1. The summed E-state index contributed by atoms with van der Waals surface area (Å²) in [7, 11) is -0.298. The number of halogens is 3. The average molecular weight is 166 g/mol. The van der Waals surface area contributed by atoms with E-state index in [1.807, 2.05) is 6.92 Å².